The number of benzene rings is 1. The van der Waals surface area contributed by atoms with E-state index in [1.807, 2.05) is 23.7 Å². The number of aromatic nitrogens is 3. The molecule has 3 rings (SSSR count). The highest BCUT2D eigenvalue weighted by Gasteiger charge is 2.18. The molecule has 0 fully saturated rings. The number of nitrogens with zero attached hydrogens (tertiary/aromatic N) is 3. The molecule has 22 heavy (non-hydrogen) atoms. The van der Waals surface area contributed by atoms with Crippen LogP contribution in [0.3, 0.4) is 0 Å². The molecule has 5 nitrogen and oxygen atoms in total. The van der Waals surface area contributed by atoms with Crippen LogP contribution in [-0.2, 0) is 19.4 Å². The predicted octanol–water partition coefficient (Wildman–Crippen LogP) is 2.67. The maximum absolute atomic E-state index is 12.5. The van der Waals surface area contributed by atoms with Gasteiger partial charge in [-0.1, -0.05) is 13.0 Å². The number of carbonyl (C=O) groups excluding carboxylic acids is 1. The average molecular weight is 298 g/mol. The summed E-state index contributed by atoms with van der Waals surface area (Å²) in [6.07, 6.45) is 5.94. The van der Waals surface area contributed by atoms with E-state index in [0.29, 0.717) is 0 Å². The number of hydrogen-bond donors (Lipinski definition) is 1. The molecule has 0 saturated heterocycles. The first kappa shape index (κ1) is 14.8. The number of aryl methyl sites for hydroxylation is 3. The van der Waals surface area contributed by atoms with Gasteiger partial charge in [0.25, 0.3) is 5.91 Å². The van der Waals surface area contributed by atoms with Gasteiger partial charge >= 0.3 is 0 Å². The van der Waals surface area contributed by atoms with Crippen molar-refractivity contribution in [1.82, 2.24) is 20.1 Å². The van der Waals surface area contributed by atoms with Crippen molar-refractivity contribution in [2.45, 2.75) is 52.1 Å². The molecule has 1 heterocycles. The van der Waals surface area contributed by atoms with Crippen LogP contribution in [0.5, 0.6) is 0 Å². The number of rotatable bonds is 5. The Labute approximate surface area is 130 Å². The summed E-state index contributed by atoms with van der Waals surface area (Å²) >= 11 is 0. The van der Waals surface area contributed by atoms with Crippen LogP contribution in [0.1, 0.15) is 60.0 Å². The SMILES string of the molecule is CCCn1ncnc1[C@H](C)NC(=O)c1ccc2c(c1)CCC2. The first-order valence-corrected chi connectivity index (χ1v) is 7.99. The predicted molar refractivity (Wildman–Crippen MR) is 84.7 cm³/mol. The van der Waals surface area contributed by atoms with Gasteiger partial charge in [-0.05, 0) is 55.9 Å². The van der Waals surface area contributed by atoms with Gasteiger partial charge in [-0.15, -0.1) is 0 Å². The van der Waals surface area contributed by atoms with Crippen molar-refractivity contribution in [2.24, 2.45) is 0 Å². The van der Waals surface area contributed by atoms with E-state index in [1.54, 1.807) is 6.33 Å². The summed E-state index contributed by atoms with van der Waals surface area (Å²) in [7, 11) is 0. The molecule has 0 radical (unpaired) electrons. The third-order valence-electron chi connectivity index (χ3n) is 4.18. The molecule has 1 aliphatic rings. The van der Waals surface area contributed by atoms with Gasteiger partial charge in [0.15, 0.2) is 0 Å². The summed E-state index contributed by atoms with van der Waals surface area (Å²) < 4.78 is 1.85. The molecule has 0 unspecified atom stereocenters. The Kier molecular flexibility index (Phi) is 4.22. The minimum Gasteiger partial charge on any atom is -0.342 e. The largest absolute Gasteiger partial charge is 0.342 e. The van der Waals surface area contributed by atoms with Crippen molar-refractivity contribution in [3.05, 3.63) is 47.0 Å². The van der Waals surface area contributed by atoms with Crippen LogP contribution in [-0.4, -0.2) is 20.7 Å². The quantitative estimate of drug-likeness (QED) is 0.923. The highest BCUT2D eigenvalue weighted by Crippen LogP contribution is 2.23. The summed E-state index contributed by atoms with van der Waals surface area (Å²) in [6.45, 7) is 4.86. The van der Waals surface area contributed by atoms with E-state index in [1.165, 1.54) is 17.5 Å². The molecule has 2 aromatic rings. The maximum Gasteiger partial charge on any atom is 0.251 e. The van der Waals surface area contributed by atoms with E-state index < -0.39 is 0 Å². The molecular formula is C17H22N4O. The minimum atomic E-state index is -0.158. The van der Waals surface area contributed by atoms with Gasteiger partial charge in [-0.2, -0.15) is 5.10 Å². The molecule has 0 bridgehead atoms. The molecule has 1 atom stereocenters. The van der Waals surface area contributed by atoms with Crippen molar-refractivity contribution in [2.75, 3.05) is 0 Å². The molecule has 1 aliphatic carbocycles. The van der Waals surface area contributed by atoms with Gasteiger partial charge < -0.3 is 5.32 Å². The Hall–Kier alpha value is -2.17. The molecule has 0 saturated carbocycles. The van der Waals surface area contributed by atoms with E-state index >= 15 is 0 Å². The second-order valence-electron chi connectivity index (χ2n) is 5.87. The fraction of sp³-hybridized carbons (Fsp3) is 0.471. The summed E-state index contributed by atoms with van der Waals surface area (Å²) in [6, 6.07) is 5.88. The van der Waals surface area contributed by atoms with Gasteiger partial charge in [-0.25, -0.2) is 9.67 Å². The molecular weight excluding hydrogens is 276 g/mol. The van der Waals surface area contributed by atoms with Crippen LogP contribution in [0.15, 0.2) is 24.5 Å². The van der Waals surface area contributed by atoms with Crippen LogP contribution in [0, 0.1) is 0 Å². The van der Waals surface area contributed by atoms with E-state index in [4.69, 9.17) is 0 Å². The van der Waals surface area contributed by atoms with Crippen LogP contribution in [0.4, 0.5) is 0 Å². The molecule has 1 N–H and O–H groups in total. The molecule has 0 spiro atoms. The van der Waals surface area contributed by atoms with Crippen molar-refractivity contribution in [3.63, 3.8) is 0 Å². The molecule has 1 amide bonds. The second kappa shape index (κ2) is 6.30. The molecule has 1 aromatic heterocycles. The first-order valence-electron chi connectivity index (χ1n) is 7.99. The number of hydrogen-bond acceptors (Lipinski definition) is 3. The number of carbonyl (C=O) groups is 1. The summed E-state index contributed by atoms with van der Waals surface area (Å²) in [4.78, 5) is 16.7. The Morgan fingerprint density at radius 1 is 1.36 bits per heavy atom. The van der Waals surface area contributed by atoms with Gasteiger partial charge in [0.05, 0.1) is 6.04 Å². The van der Waals surface area contributed by atoms with E-state index in [9.17, 15) is 4.79 Å². The fourth-order valence-corrected chi connectivity index (χ4v) is 3.05. The summed E-state index contributed by atoms with van der Waals surface area (Å²) in [5.74, 6) is 0.754. The van der Waals surface area contributed by atoms with Crippen molar-refractivity contribution in [3.8, 4) is 0 Å². The van der Waals surface area contributed by atoms with Crippen molar-refractivity contribution < 1.29 is 4.79 Å². The standard InChI is InChI=1S/C17H22N4O/c1-3-9-21-16(18-11-19-21)12(2)20-17(22)15-8-7-13-5-4-6-14(13)10-15/h7-8,10-12H,3-6,9H2,1-2H3,(H,20,22)/t12-/m0/s1. The van der Waals surface area contributed by atoms with E-state index in [0.717, 1.165) is 37.2 Å². The summed E-state index contributed by atoms with van der Waals surface area (Å²) in [5.41, 5.74) is 3.43. The van der Waals surface area contributed by atoms with Crippen LogP contribution >= 0.6 is 0 Å². The lowest BCUT2D eigenvalue weighted by atomic mass is 10.1. The third-order valence-corrected chi connectivity index (χ3v) is 4.18. The summed E-state index contributed by atoms with van der Waals surface area (Å²) in [5, 5.41) is 7.23. The van der Waals surface area contributed by atoms with Gasteiger partial charge in [0.2, 0.25) is 0 Å². The maximum atomic E-state index is 12.5. The lowest BCUT2D eigenvalue weighted by Gasteiger charge is -2.15. The normalized spacial score (nSPS) is 14.6. The Balaban J connectivity index is 1.72. The fourth-order valence-electron chi connectivity index (χ4n) is 3.05. The first-order chi connectivity index (χ1) is 10.7. The van der Waals surface area contributed by atoms with E-state index in [2.05, 4.69) is 28.4 Å². The van der Waals surface area contributed by atoms with Gasteiger partial charge in [-0.3, -0.25) is 4.79 Å². The Bertz CT molecular complexity index is 677. The van der Waals surface area contributed by atoms with Crippen LogP contribution in [0.2, 0.25) is 0 Å². The lowest BCUT2D eigenvalue weighted by molar-refractivity contribution is 0.0937. The number of nitrogens with one attached hydrogen (secondary N) is 1. The second-order valence-corrected chi connectivity index (χ2v) is 5.87. The van der Waals surface area contributed by atoms with Crippen LogP contribution in [0.25, 0.3) is 0 Å². The minimum absolute atomic E-state index is 0.0479. The molecule has 0 aliphatic heterocycles. The Morgan fingerprint density at radius 3 is 3.00 bits per heavy atom. The van der Waals surface area contributed by atoms with E-state index in [-0.39, 0.29) is 11.9 Å². The number of amides is 1. The smallest absolute Gasteiger partial charge is 0.251 e. The Morgan fingerprint density at radius 2 is 2.18 bits per heavy atom. The van der Waals surface area contributed by atoms with Gasteiger partial charge in [0, 0.05) is 12.1 Å². The average Bonchev–Trinajstić information content (AvgIpc) is 3.15. The van der Waals surface area contributed by atoms with Crippen molar-refractivity contribution >= 4 is 5.91 Å². The molecule has 5 heteroatoms. The van der Waals surface area contributed by atoms with Crippen LogP contribution < -0.4 is 5.32 Å². The zero-order valence-corrected chi connectivity index (χ0v) is 13.2. The third kappa shape index (κ3) is 2.89. The highest BCUT2D eigenvalue weighted by atomic mass is 16.1. The monoisotopic (exact) mass is 298 g/mol. The number of fused-ring (bicyclic) bond motifs is 1. The lowest BCUT2D eigenvalue weighted by Crippen LogP contribution is -2.29. The zero-order valence-electron chi connectivity index (χ0n) is 13.2. The van der Waals surface area contributed by atoms with Gasteiger partial charge in [0.1, 0.15) is 12.2 Å². The van der Waals surface area contributed by atoms with Crippen molar-refractivity contribution in [1.29, 1.82) is 0 Å². The topological polar surface area (TPSA) is 59.8 Å². The molecule has 116 valence electrons. The highest BCUT2D eigenvalue weighted by molar-refractivity contribution is 5.94. The molecule has 1 aromatic carbocycles. The zero-order chi connectivity index (χ0) is 15.5.